The Hall–Kier alpha value is -1.24. The lowest BCUT2D eigenvalue weighted by atomic mass is 10.0. The van der Waals surface area contributed by atoms with Crippen molar-refractivity contribution in [2.45, 2.75) is 45.4 Å². The van der Waals surface area contributed by atoms with Gasteiger partial charge in [-0.15, -0.1) is 0 Å². The molecule has 1 heteroatoms. The van der Waals surface area contributed by atoms with E-state index in [9.17, 15) is 0 Å². The van der Waals surface area contributed by atoms with E-state index >= 15 is 0 Å². The van der Waals surface area contributed by atoms with E-state index in [0.717, 1.165) is 0 Å². The van der Waals surface area contributed by atoms with Gasteiger partial charge in [-0.3, -0.25) is 0 Å². The molecule has 0 atom stereocenters. The number of nitrogens with one attached hydrogen (secondary N) is 1. The average molecular weight is 215 g/mol. The van der Waals surface area contributed by atoms with E-state index < -0.39 is 0 Å². The Morgan fingerprint density at radius 1 is 1.25 bits per heavy atom. The van der Waals surface area contributed by atoms with Crippen LogP contribution in [0.2, 0.25) is 0 Å². The second kappa shape index (κ2) is 5.20. The fraction of sp³-hybridized carbons (Fsp3) is 0.467. The minimum Gasteiger partial charge on any atom is -0.362 e. The quantitative estimate of drug-likeness (QED) is 0.727. The molecule has 0 aromatic heterocycles. The average Bonchev–Trinajstić information content (AvgIpc) is 2.73. The molecule has 0 bridgehead atoms. The van der Waals surface area contributed by atoms with Crippen LogP contribution in [0.1, 0.15) is 45.4 Å². The fourth-order valence-corrected chi connectivity index (χ4v) is 2.64. The lowest BCUT2D eigenvalue weighted by Gasteiger charge is -2.14. The summed E-state index contributed by atoms with van der Waals surface area (Å²) in [5.41, 5.74) is 5.88. The lowest BCUT2D eigenvalue weighted by Crippen LogP contribution is -2.09. The normalized spacial score (nSPS) is 27.8. The van der Waals surface area contributed by atoms with Crippen LogP contribution >= 0.6 is 0 Å². The third-order valence-electron chi connectivity index (χ3n) is 3.48. The largest absolute Gasteiger partial charge is 0.362 e. The Morgan fingerprint density at radius 2 is 2.12 bits per heavy atom. The van der Waals surface area contributed by atoms with Crippen LogP contribution in [0, 0.1) is 0 Å². The smallest absolute Gasteiger partial charge is 0.0403 e. The fourth-order valence-electron chi connectivity index (χ4n) is 2.64. The highest BCUT2D eigenvalue weighted by Gasteiger charge is 2.18. The van der Waals surface area contributed by atoms with E-state index in [2.05, 4.69) is 31.0 Å². The van der Waals surface area contributed by atoms with Gasteiger partial charge in [0.05, 0.1) is 0 Å². The van der Waals surface area contributed by atoms with Gasteiger partial charge in [0.1, 0.15) is 0 Å². The van der Waals surface area contributed by atoms with Crippen molar-refractivity contribution in [3.05, 3.63) is 47.3 Å². The van der Waals surface area contributed by atoms with Crippen LogP contribution in [-0.4, -0.2) is 0 Å². The van der Waals surface area contributed by atoms with Crippen molar-refractivity contribution < 1.29 is 0 Å². The number of hydrogen-bond donors (Lipinski definition) is 1. The maximum Gasteiger partial charge on any atom is 0.0403 e. The molecule has 0 aromatic carbocycles. The molecule has 1 N–H and O–H groups in total. The van der Waals surface area contributed by atoms with Crippen molar-refractivity contribution in [2.24, 2.45) is 0 Å². The van der Waals surface area contributed by atoms with Gasteiger partial charge in [0.2, 0.25) is 0 Å². The van der Waals surface area contributed by atoms with Crippen molar-refractivity contribution in [1.29, 1.82) is 0 Å². The molecule has 16 heavy (non-hydrogen) atoms. The van der Waals surface area contributed by atoms with Crippen LogP contribution in [0.25, 0.3) is 0 Å². The maximum atomic E-state index is 3.80. The monoisotopic (exact) mass is 215 g/mol. The summed E-state index contributed by atoms with van der Waals surface area (Å²) in [4.78, 5) is 0. The van der Waals surface area contributed by atoms with Gasteiger partial charge in [0, 0.05) is 5.70 Å². The molecular weight excluding hydrogens is 194 g/mol. The molecule has 2 rings (SSSR count). The summed E-state index contributed by atoms with van der Waals surface area (Å²) >= 11 is 0. The molecule has 0 radical (unpaired) electrons. The van der Waals surface area contributed by atoms with Gasteiger partial charge in [-0.2, -0.15) is 0 Å². The highest BCUT2D eigenvalue weighted by Crippen LogP contribution is 2.34. The second-order valence-electron chi connectivity index (χ2n) is 4.66. The van der Waals surface area contributed by atoms with Crippen molar-refractivity contribution in [1.82, 2.24) is 5.32 Å². The molecule has 0 heterocycles. The van der Waals surface area contributed by atoms with Crippen molar-refractivity contribution in [3.63, 3.8) is 0 Å². The first kappa shape index (κ1) is 11.3. The summed E-state index contributed by atoms with van der Waals surface area (Å²) in [5.74, 6) is 0. The van der Waals surface area contributed by atoms with E-state index in [1.165, 1.54) is 60.9 Å². The maximum absolute atomic E-state index is 3.80. The van der Waals surface area contributed by atoms with Crippen molar-refractivity contribution in [3.8, 4) is 0 Å². The number of allylic oxidation sites excluding steroid dienone is 5. The molecule has 2 aliphatic carbocycles. The summed E-state index contributed by atoms with van der Waals surface area (Å²) in [5, 5.41) is 3.35. The first-order chi connectivity index (χ1) is 7.83. The summed E-state index contributed by atoms with van der Waals surface area (Å²) in [7, 11) is 0. The SMILES string of the molecule is C=CN/C1=C(/C)CCC/C=C/C2=C1CCC2. The Kier molecular flexibility index (Phi) is 3.66. The van der Waals surface area contributed by atoms with Gasteiger partial charge in [-0.1, -0.05) is 18.7 Å². The minimum atomic E-state index is 1.19. The van der Waals surface area contributed by atoms with Crippen LogP contribution in [0.15, 0.2) is 47.3 Å². The van der Waals surface area contributed by atoms with Crippen LogP contribution in [0.4, 0.5) is 0 Å². The number of rotatable bonds is 2. The number of hydrogen-bond acceptors (Lipinski definition) is 1. The Morgan fingerprint density at radius 3 is 2.94 bits per heavy atom. The van der Waals surface area contributed by atoms with Gasteiger partial charge < -0.3 is 5.32 Å². The van der Waals surface area contributed by atoms with Gasteiger partial charge >= 0.3 is 0 Å². The zero-order valence-corrected chi connectivity index (χ0v) is 10.2. The van der Waals surface area contributed by atoms with E-state index in [1.54, 1.807) is 0 Å². The zero-order chi connectivity index (χ0) is 11.4. The minimum absolute atomic E-state index is 1.19. The first-order valence-electron chi connectivity index (χ1n) is 6.29. The summed E-state index contributed by atoms with van der Waals surface area (Å²) < 4.78 is 0. The highest BCUT2D eigenvalue weighted by molar-refractivity contribution is 5.45. The first-order valence-corrected chi connectivity index (χ1v) is 6.29. The predicted molar refractivity (Wildman–Crippen MR) is 69.9 cm³/mol. The standard InChI is InChI=1S/C15H21N/c1-3-16-15-12(2)8-5-4-6-9-13-10-7-11-14(13)15/h3,6,9,16H,1,4-5,7-8,10-11H2,2H3/b9-6+,15-12-. The Bertz CT molecular complexity index is 369. The van der Waals surface area contributed by atoms with Crippen molar-refractivity contribution in [2.75, 3.05) is 0 Å². The molecule has 0 amide bonds. The molecule has 0 aromatic rings. The summed E-state index contributed by atoms with van der Waals surface area (Å²) in [6, 6.07) is 0. The topological polar surface area (TPSA) is 12.0 Å². The van der Waals surface area contributed by atoms with E-state index in [1.807, 2.05) is 6.20 Å². The Balaban J connectivity index is 2.41. The molecule has 0 unspecified atom stereocenters. The highest BCUT2D eigenvalue weighted by atomic mass is 14.9. The molecule has 0 aliphatic heterocycles. The van der Waals surface area contributed by atoms with Gasteiger partial charge in [-0.05, 0) is 68.4 Å². The summed E-state index contributed by atoms with van der Waals surface area (Å²) in [6.07, 6.45) is 13.9. The lowest BCUT2D eigenvalue weighted by molar-refractivity contribution is 0.805. The van der Waals surface area contributed by atoms with Gasteiger partial charge in [0.25, 0.3) is 0 Å². The van der Waals surface area contributed by atoms with Crippen LogP contribution in [-0.2, 0) is 0 Å². The van der Waals surface area contributed by atoms with Gasteiger partial charge in [0.15, 0.2) is 0 Å². The molecule has 0 saturated carbocycles. The molecule has 1 nitrogen and oxygen atoms in total. The van der Waals surface area contributed by atoms with E-state index in [-0.39, 0.29) is 0 Å². The second-order valence-corrected chi connectivity index (χ2v) is 4.66. The predicted octanol–water partition coefficient (Wildman–Crippen LogP) is 4.21. The van der Waals surface area contributed by atoms with Crippen molar-refractivity contribution >= 4 is 0 Å². The molecule has 2 aliphatic rings. The molecule has 0 saturated heterocycles. The Labute approximate surface area is 98.6 Å². The molecule has 86 valence electrons. The van der Waals surface area contributed by atoms with E-state index in [4.69, 9.17) is 0 Å². The third kappa shape index (κ3) is 2.29. The van der Waals surface area contributed by atoms with Crippen LogP contribution in [0.5, 0.6) is 0 Å². The van der Waals surface area contributed by atoms with Crippen LogP contribution in [0.3, 0.4) is 0 Å². The van der Waals surface area contributed by atoms with Gasteiger partial charge in [-0.25, -0.2) is 0 Å². The molecular formula is C15H21N. The zero-order valence-electron chi connectivity index (χ0n) is 10.2. The molecule has 0 spiro atoms. The van der Waals surface area contributed by atoms with Crippen LogP contribution < -0.4 is 5.32 Å². The third-order valence-corrected chi connectivity index (χ3v) is 3.48. The van der Waals surface area contributed by atoms with E-state index in [0.29, 0.717) is 0 Å². The summed E-state index contributed by atoms with van der Waals surface area (Å²) in [6.45, 7) is 6.05. The molecule has 0 fully saturated rings.